The molecule has 1 aromatic carbocycles. The maximum absolute atomic E-state index is 11.8. The van der Waals surface area contributed by atoms with Gasteiger partial charge in [-0.2, -0.15) is 12.6 Å². The first kappa shape index (κ1) is 13.7. The summed E-state index contributed by atoms with van der Waals surface area (Å²) in [5.41, 5.74) is 1.04. The molecule has 1 atom stereocenters. The van der Waals surface area contributed by atoms with Crippen LogP contribution in [0.25, 0.3) is 0 Å². The van der Waals surface area contributed by atoms with Crippen LogP contribution in [0.1, 0.15) is 16.8 Å². The smallest absolute Gasteiger partial charge is 0.341 e. The molecule has 1 fully saturated rings. The van der Waals surface area contributed by atoms with Gasteiger partial charge < -0.3 is 14.4 Å². The zero-order chi connectivity index (χ0) is 14.0. The van der Waals surface area contributed by atoms with Crippen LogP contribution in [0.4, 0.5) is 5.69 Å². The number of benzene rings is 1. The van der Waals surface area contributed by atoms with E-state index in [1.807, 2.05) is 0 Å². The Balaban J connectivity index is 2.34. The zero-order valence-corrected chi connectivity index (χ0v) is 11.6. The molecule has 6 heteroatoms. The van der Waals surface area contributed by atoms with Crippen LogP contribution in [0.2, 0.25) is 0 Å². The number of methoxy groups -OCH3 is 2. The number of carbonyl (C=O) groups excluding carboxylic acids is 2. The second-order valence-electron chi connectivity index (χ2n) is 4.24. The van der Waals surface area contributed by atoms with E-state index in [-0.39, 0.29) is 11.2 Å². The van der Waals surface area contributed by atoms with E-state index in [0.29, 0.717) is 30.0 Å². The topological polar surface area (TPSA) is 55.8 Å². The van der Waals surface area contributed by atoms with Crippen molar-refractivity contribution in [2.24, 2.45) is 0 Å². The minimum Gasteiger partial charge on any atom is -0.496 e. The zero-order valence-electron chi connectivity index (χ0n) is 10.8. The summed E-state index contributed by atoms with van der Waals surface area (Å²) in [6, 6.07) is 4.97. The summed E-state index contributed by atoms with van der Waals surface area (Å²) in [5.74, 6) is -0.0594. The number of amides is 1. The number of anilines is 1. The van der Waals surface area contributed by atoms with Gasteiger partial charge in [-0.25, -0.2) is 4.79 Å². The molecule has 0 radical (unpaired) electrons. The molecule has 1 aromatic rings. The highest BCUT2D eigenvalue weighted by molar-refractivity contribution is 7.81. The number of rotatable bonds is 3. The monoisotopic (exact) mass is 281 g/mol. The van der Waals surface area contributed by atoms with Crippen LogP contribution in [-0.4, -0.2) is 37.9 Å². The van der Waals surface area contributed by atoms with Crippen LogP contribution in [0.3, 0.4) is 0 Å². The lowest BCUT2D eigenvalue weighted by Gasteiger charge is -2.18. The molecule has 5 nitrogen and oxygen atoms in total. The summed E-state index contributed by atoms with van der Waals surface area (Å²) >= 11 is 4.31. The molecule has 1 aliphatic heterocycles. The molecular formula is C13H15NO4S. The van der Waals surface area contributed by atoms with E-state index >= 15 is 0 Å². The molecule has 0 bridgehead atoms. The summed E-state index contributed by atoms with van der Waals surface area (Å²) in [5, 5.41) is 0.0405. The standard InChI is InChI=1S/C13H15NO4S/c1-17-11-5-8(3-4-10(11)13(16)18-2)14-7-9(19)6-12(14)15/h3-5,9,19H,6-7H2,1-2H3. The fraction of sp³-hybridized carbons (Fsp3) is 0.385. The Labute approximate surface area is 116 Å². The minimum absolute atomic E-state index is 0.0212. The molecule has 1 heterocycles. The first-order valence-electron chi connectivity index (χ1n) is 5.81. The molecule has 19 heavy (non-hydrogen) atoms. The van der Waals surface area contributed by atoms with E-state index in [1.165, 1.54) is 14.2 Å². The van der Waals surface area contributed by atoms with Crippen molar-refractivity contribution in [1.29, 1.82) is 0 Å². The van der Waals surface area contributed by atoms with Crippen molar-refractivity contribution < 1.29 is 19.1 Å². The molecule has 0 aliphatic carbocycles. The molecule has 1 unspecified atom stereocenters. The highest BCUT2D eigenvalue weighted by Crippen LogP contribution is 2.30. The second kappa shape index (κ2) is 5.52. The number of thiol groups is 1. The molecular weight excluding hydrogens is 266 g/mol. The van der Waals surface area contributed by atoms with E-state index in [2.05, 4.69) is 17.4 Å². The predicted molar refractivity (Wildman–Crippen MR) is 74.1 cm³/mol. The van der Waals surface area contributed by atoms with Crippen LogP contribution < -0.4 is 9.64 Å². The van der Waals surface area contributed by atoms with Gasteiger partial charge in [0.2, 0.25) is 5.91 Å². The van der Waals surface area contributed by atoms with Gasteiger partial charge in [0.15, 0.2) is 0 Å². The Bertz CT molecular complexity index is 517. The van der Waals surface area contributed by atoms with Gasteiger partial charge in [-0.3, -0.25) is 4.79 Å². The predicted octanol–water partition coefficient (Wildman–Crippen LogP) is 1.52. The molecule has 1 amide bonds. The van der Waals surface area contributed by atoms with Crippen molar-refractivity contribution in [1.82, 2.24) is 0 Å². The van der Waals surface area contributed by atoms with Crippen molar-refractivity contribution in [3.63, 3.8) is 0 Å². The van der Waals surface area contributed by atoms with Crippen molar-refractivity contribution in [3.8, 4) is 5.75 Å². The van der Waals surface area contributed by atoms with Crippen LogP contribution >= 0.6 is 12.6 Å². The first-order chi connectivity index (χ1) is 9.06. The van der Waals surface area contributed by atoms with E-state index in [4.69, 9.17) is 4.74 Å². The lowest BCUT2D eigenvalue weighted by molar-refractivity contribution is -0.117. The average Bonchev–Trinajstić information content (AvgIpc) is 2.76. The fourth-order valence-corrected chi connectivity index (χ4v) is 2.38. The third kappa shape index (κ3) is 2.68. The van der Waals surface area contributed by atoms with Crippen molar-refractivity contribution >= 4 is 30.2 Å². The fourth-order valence-electron chi connectivity index (χ4n) is 2.06. The van der Waals surface area contributed by atoms with Crippen molar-refractivity contribution in [3.05, 3.63) is 23.8 Å². The van der Waals surface area contributed by atoms with Gasteiger partial charge in [0.25, 0.3) is 0 Å². The Hall–Kier alpha value is -1.69. The average molecular weight is 281 g/mol. The number of esters is 1. The Morgan fingerprint density at radius 1 is 1.42 bits per heavy atom. The van der Waals surface area contributed by atoms with Crippen LogP contribution in [-0.2, 0) is 9.53 Å². The quantitative estimate of drug-likeness (QED) is 0.674. The maximum atomic E-state index is 11.8. The van der Waals surface area contributed by atoms with Gasteiger partial charge in [0.05, 0.1) is 14.2 Å². The van der Waals surface area contributed by atoms with Crippen LogP contribution in [0, 0.1) is 0 Å². The molecule has 0 aromatic heterocycles. The molecule has 2 rings (SSSR count). The lowest BCUT2D eigenvalue weighted by atomic mass is 10.1. The summed E-state index contributed by atoms with van der Waals surface area (Å²) in [4.78, 5) is 25.0. The van der Waals surface area contributed by atoms with Crippen LogP contribution in [0.15, 0.2) is 18.2 Å². The van der Waals surface area contributed by atoms with Gasteiger partial charge >= 0.3 is 5.97 Å². The van der Waals surface area contributed by atoms with Crippen molar-refractivity contribution in [2.75, 3.05) is 25.7 Å². The van der Waals surface area contributed by atoms with Gasteiger partial charge in [0.1, 0.15) is 11.3 Å². The van der Waals surface area contributed by atoms with Gasteiger partial charge in [-0.1, -0.05) is 0 Å². The summed E-state index contributed by atoms with van der Waals surface area (Å²) in [7, 11) is 2.78. The summed E-state index contributed by atoms with van der Waals surface area (Å²) in [6.07, 6.45) is 0.421. The number of hydrogen-bond donors (Lipinski definition) is 1. The van der Waals surface area contributed by atoms with Gasteiger partial charge in [-0.05, 0) is 12.1 Å². The summed E-state index contributed by atoms with van der Waals surface area (Å²) in [6.45, 7) is 0.558. The minimum atomic E-state index is -0.469. The largest absolute Gasteiger partial charge is 0.496 e. The Morgan fingerprint density at radius 3 is 2.68 bits per heavy atom. The third-order valence-corrected chi connectivity index (χ3v) is 3.35. The van der Waals surface area contributed by atoms with E-state index in [1.54, 1.807) is 23.1 Å². The van der Waals surface area contributed by atoms with E-state index < -0.39 is 5.97 Å². The number of carbonyl (C=O) groups is 2. The van der Waals surface area contributed by atoms with Gasteiger partial charge in [0, 0.05) is 30.0 Å². The Morgan fingerprint density at radius 2 is 2.16 bits per heavy atom. The van der Waals surface area contributed by atoms with E-state index in [9.17, 15) is 9.59 Å². The highest BCUT2D eigenvalue weighted by Gasteiger charge is 2.29. The number of nitrogens with zero attached hydrogens (tertiary/aromatic N) is 1. The maximum Gasteiger partial charge on any atom is 0.341 e. The molecule has 0 spiro atoms. The molecule has 0 N–H and O–H groups in total. The molecule has 0 saturated carbocycles. The summed E-state index contributed by atoms with van der Waals surface area (Å²) < 4.78 is 9.84. The van der Waals surface area contributed by atoms with Gasteiger partial charge in [-0.15, -0.1) is 0 Å². The number of hydrogen-bond acceptors (Lipinski definition) is 5. The molecule has 1 saturated heterocycles. The first-order valence-corrected chi connectivity index (χ1v) is 6.33. The third-order valence-electron chi connectivity index (χ3n) is 3.01. The normalized spacial score (nSPS) is 18.6. The lowest BCUT2D eigenvalue weighted by Crippen LogP contribution is -2.24. The SMILES string of the molecule is COC(=O)c1ccc(N2CC(S)CC2=O)cc1OC. The van der Waals surface area contributed by atoms with Crippen LogP contribution in [0.5, 0.6) is 5.75 Å². The second-order valence-corrected chi connectivity index (χ2v) is 4.97. The van der Waals surface area contributed by atoms with Crippen molar-refractivity contribution in [2.45, 2.75) is 11.7 Å². The highest BCUT2D eigenvalue weighted by atomic mass is 32.1. The molecule has 1 aliphatic rings. The Kier molecular flexibility index (Phi) is 3.99. The van der Waals surface area contributed by atoms with E-state index in [0.717, 1.165) is 0 Å². The molecule has 102 valence electrons. The number of ether oxygens (including phenoxy) is 2.